The number of hydrogen-bond donors (Lipinski definition) is 1. The molecule has 3 nitrogen and oxygen atoms in total. The van der Waals surface area contributed by atoms with Gasteiger partial charge in [0.25, 0.3) is 0 Å². The van der Waals surface area contributed by atoms with Crippen LogP contribution in [0, 0.1) is 0 Å². The summed E-state index contributed by atoms with van der Waals surface area (Å²) in [6.07, 6.45) is 6.25. The molecule has 0 saturated carbocycles. The predicted molar refractivity (Wildman–Crippen MR) is 61.0 cm³/mol. The summed E-state index contributed by atoms with van der Waals surface area (Å²) in [6.45, 7) is 0.752. The average molecular weight is 224 g/mol. The van der Waals surface area contributed by atoms with Crippen molar-refractivity contribution < 1.29 is 5.11 Å². The summed E-state index contributed by atoms with van der Waals surface area (Å²) in [5.74, 6) is 2.46. The van der Waals surface area contributed by atoms with E-state index < -0.39 is 0 Å². The van der Waals surface area contributed by atoms with Crippen molar-refractivity contribution in [3.8, 4) is 0 Å². The fourth-order valence-electron chi connectivity index (χ4n) is 2.49. The van der Waals surface area contributed by atoms with Gasteiger partial charge in [-0.3, -0.25) is 0 Å². The summed E-state index contributed by atoms with van der Waals surface area (Å²) in [7, 11) is 0. The summed E-state index contributed by atoms with van der Waals surface area (Å²) in [4.78, 5) is 4.55. The Morgan fingerprint density at radius 3 is 3.20 bits per heavy atom. The highest BCUT2D eigenvalue weighted by Crippen LogP contribution is 2.40. The van der Waals surface area contributed by atoms with Crippen molar-refractivity contribution in [3.05, 3.63) is 17.7 Å². The molecule has 2 aliphatic rings. The van der Waals surface area contributed by atoms with E-state index in [0.717, 1.165) is 19.4 Å². The SMILES string of the molecule is OC1CCc2cnc(C3CCCS3)n2C1. The first-order valence-corrected chi connectivity index (χ1v) is 6.73. The van der Waals surface area contributed by atoms with E-state index in [-0.39, 0.29) is 6.10 Å². The van der Waals surface area contributed by atoms with Gasteiger partial charge in [0, 0.05) is 11.9 Å². The normalized spacial score (nSPS) is 30.5. The van der Waals surface area contributed by atoms with Crippen LogP contribution in [0.2, 0.25) is 0 Å². The van der Waals surface area contributed by atoms with E-state index in [1.807, 2.05) is 18.0 Å². The summed E-state index contributed by atoms with van der Waals surface area (Å²) < 4.78 is 2.25. The zero-order valence-corrected chi connectivity index (χ0v) is 9.54. The lowest BCUT2D eigenvalue weighted by molar-refractivity contribution is 0.130. The molecule has 1 fully saturated rings. The van der Waals surface area contributed by atoms with Crippen LogP contribution in [0.5, 0.6) is 0 Å². The molecule has 1 aromatic rings. The standard InChI is InChI=1S/C11H16N2OS/c14-9-4-3-8-6-12-11(13(8)7-9)10-2-1-5-15-10/h6,9-10,14H,1-5,7H2. The van der Waals surface area contributed by atoms with Crippen LogP contribution in [-0.2, 0) is 13.0 Å². The lowest BCUT2D eigenvalue weighted by atomic mass is 10.1. The van der Waals surface area contributed by atoms with Crippen LogP contribution < -0.4 is 0 Å². The Morgan fingerprint density at radius 2 is 2.40 bits per heavy atom. The topological polar surface area (TPSA) is 38.1 Å². The Balaban J connectivity index is 1.92. The number of aryl methyl sites for hydroxylation is 1. The highest BCUT2D eigenvalue weighted by molar-refractivity contribution is 7.99. The molecule has 1 aromatic heterocycles. The molecular formula is C11H16N2OS. The maximum atomic E-state index is 9.69. The largest absolute Gasteiger partial charge is 0.391 e. The van der Waals surface area contributed by atoms with Gasteiger partial charge >= 0.3 is 0 Å². The van der Waals surface area contributed by atoms with Gasteiger partial charge in [0.2, 0.25) is 0 Å². The summed E-state index contributed by atoms with van der Waals surface area (Å²) in [6, 6.07) is 0. The van der Waals surface area contributed by atoms with E-state index in [1.165, 1.54) is 30.1 Å². The quantitative estimate of drug-likeness (QED) is 0.790. The predicted octanol–water partition coefficient (Wildman–Crippen LogP) is 1.76. The monoisotopic (exact) mass is 224 g/mol. The summed E-state index contributed by atoms with van der Waals surface area (Å²) in [5, 5.41) is 10.3. The Kier molecular flexibility index (Phi) is 2.48. The van der Waals surface area contributed by atoms with Crippen LogP contribution in [0.25, 0.3) is 0 Å². The van der Waals surface area contributed by atoms with Gasteiger partial charge in [-0.2, -0.15) is 11.8 Å². The van der Waals surface area contributed by atoms with Crippen molar-refractivity contribution in [2.24, 2.45) is 0 Å². The zero-order chi connectivity index (χ0) is 10.3. The Morgan fingerprint density at radius 1 is 1.47 bits per heavy atom. The molecule has 2 unspecified atom stereocenters. The molecule has 0 radical (unpaired) electrons. The first-order chi connectivity index (χ1) is 7.34. The molecule has 15 heavy (non-hydrogen) atoms. The van der Waals surface area contributed by atoms with Crippen molar-refractivity contribution >= 4 is 11.8 Å². The van der Waals surface area contributed by atoms with Gasteiger partial charge in [0.15, 0.2) is 0 Å². The van der Waals surface area contributed by atoms with Gasteiger partial charge in [0.05, 0.1) is 17.9 Å². The number of imidazole rings is 1. The smallest absolute Gasteiger partial charge is 0.122 e. The molecule has 2 atom stereocenters. The number of thioether (sulfide) groups is 1. The molecule has 0 bridgehead atoms. The molecule has 1 saturated heterocycles. The molecule has 1 N–H and O–H groups in total. The van der Waals surface area contributed by atoms with Crippen LogP contribution >= 0.6 is 11.8 Å². The number of fused-ring (bicyclic) bond motifs is 1. The molecule has 0 amide bonds. The number of aliphatic hydroxyl groups is 1. The van der Waals surface area contributed by atoms with Crippen molar-refractivity contribution in [2.45, 2.75) is 43.6 Å². The van der Waals surface area contributed by atoms with E-state index in [2.05, 4.69) is 9.55 Å². The Bertz CT molecular complexity index is 357. The molecule has 4 heteroatoms. The van der Waals surface area contributed by atoms with Gasteiger partial charge in [-0.1, -0.05) is 0 Å². The van der Waals surface area contributed by atoms with Crippen LogP contribution in [0.15, 0.2) is 6.20 Å². The van der Waals surface area contributed by atoms with Crippen molar-refractivity contribution in [3.63, 3.8) is 0 Å². The van der Waals surface area contributed by atoms with Crippen molar-refractivity contribution in [1.82, 2.24) is 9.55 Å². The molecule has 3 heterocycles. The molecule has 0 aliphatic carbocycles. The lowest BCUT2D eigenvalue weighted by Gasteiger charge is -2.22. The van der Waals surface area contributed by atoms with Gasteiger partial charge in [-0.25, -0.2) is 4.98 Å². The van der Waals surface area contributed by atoms with Crippen molar-refractivity contribution in [2.75, 3.05) is 5.75 Å². The second-order valence-corrected chi connectivity index (χ2v) is 5.72. The minimum atomic E-state index is -0.170. The Hall–Kier alpha value is -0.480. The van der Waals surface area contributed by atoms with E-state index in [4.69, 9.17) is 0 Å². The molecule has 0 spiro atoms. The molecule has 3 rings (SSSR count). The first-order valence-electron chi connectivity index (χ1n) is 5.68. The van der Waals surface area contributed by atoms with E-state index >= 15 is 0 Å². The highest BCUT2D eigenvalue weighted by atomic mass is 32.2. The van der Waals surface area contributed by atoms with Gasteiger partial charge in [0.1, 0.15) is 5.82 Å². The van der Waals surface area contributed by atoms with E-state index in [1.54, 1.807) is 0 Å². The van der Waals surface area contributed by atoms with Crippen LogP contribution in [0.4, 0.5) is 0 Å². The minimum Gasteiger partial charge on any atom is -0.391 e. The third-order valence-electron chi connectivity index (χ3n) is 3.31. The molecule has 0 aromatic carbocycles. The fourth-order valence-corrected chi connectivity index (χ4v) is 3.78. The molecule has 82 valence electrons. The van der Waals surface area contributed by atoms with Crippen LogP contribution in [0.3, 0.4) is 0 Å². The van der Waals surface area contributed by atoms with Gasteiger partial charge in [-0.05, 0) is 31.4 Å². The molecular weight excluding hydrogens is 208 g/mol. The fraction of sp³-hybridized carbons (Fsp3) is 0.727. The number of aliphatic hydroxyl groups excluding tert-OH is 1. The van der Waals surface area contributed by atoms with E-state index in [9.17, 15) is 5.11 Å². The number of rotatable bonds is 1. The maximum Gasteiger partial charge on any atom is 0.122 e. The van der Waals surface area contributed by atoms with Gasteiger partial charge < -0.3 is 9.67 Å². The van der Waals surface area contributed by atoms with E-state index in [0.29, 0.717) is 5.25 Å². The second kappa shape index (κ2) is 3.83. The second-order valence-electron chi connectivity index (χ2n) is 4.41. The van der Waals surface area contributed by atoms with Crippen LogP contribution in [0.1, 0.15) is 36.0 Å². The third kappa shape index (κ3) is 1.70. The van der Waals surface area contributed by atoms with Crippen LogP contribution in [-0.4, -0.2) is 26.5 Å². The average Bonchev–Trinajstić information content (AvgIpc) is 2.83. The van der Waals surface area contributed by atoms with Crippen molar-refractivity contribution in [1.29, 1.82) is 0 Å². The summed E-state index contributed by atoms with van der Waals surface area (Å²) in [5.41, 5.74) is 1.31. The zero-order valence-electron chi connectivity index (χ0n) is 8.72. The maximum absolute atomic E-state index is 9.69. The third-order valence-corrected chi connectivity index (χ3v) is 4.69. The number of nitrogens with zero attached hydrogens (tertiary/aromatic N) is 2. The lowest BCUT2D eigenvalue weighted by Crippen LogP contribution is -2.25. The minimum absolute atomic E-state index is 0.170. The Labute approximate surface area is 93.9 Å². The van der Waals surface area contributed by atoms with Gasteiger partial charge in [-0.15, -0.1) is 0 Å². The first kappa shape index (κ1) is 9.73. The number of hydrogen-bond acceptors (Lipinski definition) is 3. The number of aromatic nitrogens is 2. The molecule has 2 aliphatic heterocycles. The highest BCUT2D eigenvalue weighted by Gasteiger charge is 2.26. The summed E-state index contributed by atoms with van der Waals surface area (Å²) >= 11 is 2.01.